The quantitative estimate of drug-likeness (QED) is 0.281. The molecule has 0 saturated heterocycles. The summed E-state index contributed by atoms with van der Waals surface area (Å²) in [5.74, 6) is 1.22. The molecule has 9 heteroatoms. The van der Waals surface area contributed by atoms with Crippen LogP contribution in [0.15, 0.2) is 46.0 Å². The molecule has 0 aliphatic carbocycles. The first-order valence-corrected chi connectivity index (χ1v) is 12.4. The molecule has 2 amide bonds. The van der Waals surface area contributed by atoms with Gasteiger partial charge in [-0.15, -0.1) is 0 Å². The molecule has 0 radical (unpaired) electrons. The van der Waals surface area contributed by atoms with Crippen LogP contribution in [0.2, 0.25) is 0 Å². The third-order valence-corrected chi connectivity index (χ3v) is 5.41. The van der Waals surface area contributed by atoms with E-state index in [0.717, 1.165) is 10.0 Å². The highest BCUT2D eigenvalue weighted by atomic mass is 79.9. The molecule has 0 aliphatic rings. The molecule has 0 aromatic heterocycles. The summed E-state index contributed by atoms with van der Waals surface area (Å²) in [7, 11) is 0. The Morgan fingerprint density at radius 2 is 1.77 bits per heavy atom. The molecule has 8 nitrogen and oxygen atoms in total. The van der Waals surface area contributed by atoms with E-state index in [1.807, 2.05) is 58.9 Å². The molecular formula is C26H34BrN3O5. The van der Waals surface area contributed by atoms with E-state index in [1.165, 1.54) is 6.21 Å². The van der Waals surface area contributed by atoms with E-state index < -0.39 is 11.9 Å². The van der Waals surface area contributed by atoms with Gasteiger partial charge in [0.2, 0.25) is 0 Å². The van der Waals surface area contributed by atoms with Gasteiger partial charge in [0.15, 0.2) is 18.1 Å². The molecule has 190 valence electrons. The van der Waals surface area contributed by atoms with Crippen LogP contribution in [0.5, 0.6) is 17.2 Å². The normalized spacial score (nSPS) is 11.9. The Morgan fingerprint density at radius 3 is 2.43 bits per heavy atom. The van der Waals surface area contributed by atoms with E-state index in [0.29, 0.717) is 42.4 Å². The minimum Gasteiger partial charge on any atom is -0.490 e. The topological polar surface area (TPSA) is 98.2 Å². The van der Waals surface area contributed by atoms with E-state index in [4.69, 9.17) is 14.2 Å². The van der Waals surface area contributed by atoms with E-state index >= 15 is 0 Å². The lowest BCUT2D eigenvalue weighted by molar-refractivity contribution is -0.130. The standard InChI is InChI=1S/C26H34BrN3O5/c1-6-33-23-14-19(13-20(27)25(23)34-7-2)15-28-30-26(32)21(12-17(3)4)29-24(31)16-35-22-11-9-8-10-18(22)5/h8-11,13-15,17,21H,6-7,12,16H2,1-5H3,(H,29,31)(H,30,32)/b28-15-/t21-/m1/s1. The van der Waals surface area contributed by atoms with Gasteiger partial charge in [-0.25, -0.2) is 5.43 Å². The van der Waals surface area contributed by atoms with Crippen molar-refractivity contribution >= 4 is 34.0 Å². The number of halogens is 1. The van der Waals surface area contributed by atoms with Crippen molar-refractivity contribution in [1.29, 1.82) is 0 Å². The smallest absolute Gasteiger partial charge is 0.262 e. The lowest BCUT2D eigenvalue weighted by Gasteiger charge is -2.19. The zero-order valence-electron chi connectivity index (χ0n) is 20.9. The summed E-state index contributed by atoms with van der Waals surface area (Å²) >= 11 is 3.49. The Labute approximate surface area is 215 Å². The Kier molecular flexibility index (Phi) is 11.6. The predicted molar refractivity (Wildman–Crippen MR) is 140 cm³/mol. The van der Waals surface area contributed by atoms with Gasteiger partial charge < -0.3 is 19.5 Å². The van der Waals surface area contributed by atoms with Crippen molar-refractivity contribution in [3.05, 3.63) is 52.0 Å². The maximum Gasteiger partial charge on any atom is 0.262 e. The molecule has 0 spiro atoms. The van der Waals surface area contributed by atoms with Crippen molar-refractivity contribution in [3.8, 4) is 17.2 Å². The zero-order chi connectivity index (χ0) is 25.8. The average Bonchev–Trinajstić information content (AvgIpc) is 2.80. The number of nitrogens with zero attached hydrogens (tertiary/aromatic N) is 1. The molecule has 2 N–H and O–H groups in total. The van der Waals surface area contributed by atoms with Crippen LogP contribution >= 0.6 is 15.9 Å². The van der Waals surface area contributed by atoms with E-state index in [-0.39, 0.29) is 18.4 Å². The number of ether oxygens (including phenoxy) is 3. The highest BCUT2D eigenvalue weighted by Gasteiger charge is 2.22. The van der Waals surface area contributed by atoms with Crippen LogP contribution in [0.3, 0.4) is 0 Å². The molecule has 2 aromatic carbocycles. The number of hydrogen-bond donors (Lipinski definition) is 2. The number of rotatable bonds is 13. The van der Waals surface area contributed by atoms with Crippen LogP contribution in [0, 0.1) is 12.8 Å². The third-order valence-electron chi connectivity index (χ3n) is 4.82. The molecule has 2 aromatic rings. The van der Waals surface area contributed by atoms with Crippen LogP contribution in [-0.2, 0) is 9.59 Å². The van der Waals surface area contributed by atoms with Crippen LogP contribution in [0.4, 0.5) is 0 Å². The summed E-state index contributed by atoms with van der Waals surface area (Å²) in [4.78, 5) is 25.2. The number of benzene rings is 2. The summed E-state index contributed by atoms with van der Waals surface area (Å²) in [6, 6.07) is 10.3. The number of hydrazone groups is 1. The summed E-state index contributed by atoms with van der Waals surface area (Å²) in [5, 5.41) is 6.82. The lowest BCUT2D eigenvalue weighted by Crippen LogP contribution is -2.47. The molecule has 0 saturated carbocycles. The fourth-order valence-corrected chi connectivity index (χ4v) is 3.83. The van der Waals surface area contributed by atoms with Crippen LogP contribution in [-0.4, -0.2) is 43.9 Å². The molecule has 0 bridgehead atoms. The number of hydrogen-bond acceptors (Lipinski definition) is 6. The first-order valence-electron chi connectivity index (χ1n) is 11.6. The molecule has 0 unspecified atom stereocenters. The minimum atomic E-state index is -0.744. The number of aryl methyl sites for hydroxylation is 1. The fraction of sp³-hybridized carbons (Fsp3) is 0.423. The molecule has 0 aliphatic heterocycles. The first kappa shape index (κ1) is 28.2. The van der Waals surface area contributed by atoms with Crippen molar-refractivity contribution in [3.63, 3.8) is 0 Å². The number of para-hydroxylation sites is 1. The highest BCUT2D eigenvalue weighted by Crippen LogP contribution is 2.36. The van der Waals surface area contributed by atoms with Gasteiger partial charge in [0, 0.05) is 0 Å². The highest BCUT2D eigenvalue weighted by molar-refractivity contribution is 9.10. The fourth-order valence-electron chi connectivity index (χ4n) is 3.26. The Balaban J connectivity index is 2.02. The van der Waals surface area contributed by atoms with Gasteiger partial charge in [0.25, 0.3) is 11.8 Å². The molecular weight excluding hydrogens is 514 g/mol. The lowest BCUT2D eigenvalue weighted by atomic mass is 10.0. The monoisotopic (exact) mass is 547 g/mol. The first-order chi connectivity index (χ1) is 16.7. The Hall–Kier alpha value is -3.07. The SMILES string of the molecule is CCOc1cc(/C=N\NC(=O)[C@@H](CC(C)C)NC(=O)COc2ccccc2C)cc(Br)c1OCC. The summed E-state index contributed by atoms with van der Waals surface area (Å²) in [6.07, 6.45) is 1.97. The van der Waals surface area contributed by atoms with Crippen molar-refractivity contribution < 1.29 is 23.8 Å². The molecule has 1 atom stereocenters. The average molecular weight is 548 g/mol. The van der Waals surface area contributed by atoms with Crippen molar-refractivity contribution in [2.75, 3.05) is 19.8 Å². The van der Waals surface area contributed by atoms with Crippen LogP contribution in [0.1, 0.15) is 45.2 Å². The molecule has 0 fully saturated rings. The van der Waals surface area contributed by atoms with E-state index in [1.54, 1.807) is 12.1 Å². The molecule has 2 rings (SSSR count). The maximum atomic E-state index is 12.8. The van der Waals surface area contributed by atoms with Gasteiger partial charge in [0.1, 0.15) is 11.8 Å². The van der Waals surface area contributed by atoms with E-state index in [9.17, 15) is 9.59 Å². The number of carbonyl (C=O) groups is 2. The second kappa shape index (κ2) is 14.4. The minimum absolute atomic E-state index is 0.183. The second-order valence-corrected chi connectivity index (χ2v) is 9.09. The van der Waals surface area contributed by atoms with Crippen LogP contribution < -0.4 is 25.0 Å². The van der Waals surface area contributed by atoms with E-state index in [2.05, 4.69) is 31.8 Å². The summed E-state index contributed by atoms with van der Waals surface area (Å²) in [6.45, 7) is 10.4. The number of amides is 2. The number of nitrogens with one attached hydrogen (secondary N) is 2. The van der Waals surface area contributed by atoms with Gasteiger partial charge in [-0.05, 0) is 78.4 Å². The summed E-state index contributed by atoms with van der Waals surface area (Å²) in [5.41, 5.74) is 4.16. The Bertz CT molecular complexity index is 1030. The van der Waals surface area contributed by atoms with Crippen molar-refractivity contribution in [2.24, 2.45) is 11.0 Å². The summed E-state index contributed by atoms with van der Waals surface area (Å²) < 4.78 is 17.6. The zero-order valence-corrected chi connectivity index (χ0v) is 22.5. The third kappa shape index (κ3) is 9.24. The van der Waals surface area contributed by atoms with Crippen LogP contribution in [0.25, 0.3) is 0 Å². The molecule has 35 heavy (non-hydrogen) atoms. The maximum absolute atomic E-state index is 12.8. The predicted octanol–water partition coefficient (Wildman–Crippen LogP) is 4.61. The Morgan fingerprint density at radius 1 is 1.06 bits per heavy atom. The van der Waals surface area contributed by atoms with Gasteiger partial charge >= 0.3 is 0 Å². The van der Waals surface area contributed by atoms with Gasteiger partial charge in [-0.3, -0.25) is 9.59 Å². The largest absolute Gasteiger partial charge is 0.490 e. The second-order valence-electron chi connectivity index (χ2n) is 8.23. The van der Waals surface area contributed by atoms with Crippen molar-refractivity contribution in [1.82, 2.24) is 10.7 Å². The number of carbonyl (C=O) groups excluding carboxylic acids is 2. The van der Waals surface area contributed by atoms with Gasteiger partial charge in [0.05, 0.1) is 23.9 Å². The molecule has 0 heterocycles. The van der Waals surface area contributed by atoms with Gasteiger partial charge in [-0.2, -0.15) is 5.10 Å². The van der Waals surface area contributed by atoms with Crippen molar-refractivity contribution in [2.45, 2.75) is 47.1 Å². The van der Waals surface area contributed by atoms with Gasteiger partial charge in [-0.1, -0.05) is 32.0 Å².